The minimum Gasteiger partial charge on any atom is -0.361 e. The highest BCUT2D eigenvalue weighted by Gasteiger charge is 2.24. The average Bonchev–Trinajstić information content (AvgIpc) is 3.65. The van der Waals surface area contributed by atoms with Gasteiger partial charge in [0.05, 0.1) is 22.7 Å². The van der Waals surface area contributed by atoms with E-state index in [2.05, 4.69) is 112 Å². The van der Waals surface area contributed by atoms with Gasteiger partial charge in [0.2, 0.25) is 0 Å². The molecule has 5 aromatic carbocycles. The lowest BCUT2D eigenvalue weighted by atomic mass is 9.88. The lowest BCUT2D eigenvalue weighted by molar-refractivity contribution is 1.47. The number of nitrogens with zero attached hydrogens (tertiary/aromatic N) is 1. The zero-order valence-corrected chi connectivity index (χ0v) is 19.8. The summed E-state index contributed by atoms with van der Waals surface area (Å²) in [5.74, 6) is 0. The molecule has 4 heteroatoms. The monoisotopic (exact) mass is 472 g/mol. The molecule has 0 bridgehead atoms. The van der Waals surface area contributed by atoms with Gasteiger partial charge in [-0.1, -0.05) is 66.7 Å². The van der Waals surface area contributed by atoms with Gasteiger partial charge in [-0.3, -0.25) is 0 Å². The van der Waals surface area contributed by atoms with Crippen LogP contribution in [0.3, 0.4) is 0 Å². The van der Waals surface area contributed by atoms with Gasteiger partial charge in [-0.15, -0.1) is 0 Å². The number of benzene rings is 5. The van der Waals surface area contributed by atoms with Crippen LogP contribution >= 0.6 is 0 Å². The Hall–Kier alpha value is -5.27. The molecule has 3 heterocycles. The number of fused-ring (bicyclic) bond motifs is 8. The number of nitrogens with one attached hydrogen (secondary N) is 3. The van der Waals surface area contributed by atoms with E-state index in [1.807, 2.05) is 12.1 Å². The van der Waals surface area contributed by atoms with E-state index in [-0.39, 0.29) is 0 Å². The van der Waals surface area contributed by atoms with Crippen molar-refractivity contribution in [3.63, 3.8) is 0 Å². The van der Waals surface area contributed by atoms with Gasteiger partial charge < -0.3 is 15.0 Å². The molecule has 0 aliphatic carbocycles. The van der Waals surface area contributed by atoms with Gasteiger partial charge >= 0.3 is 0 Å². The van der Waals surface area contributed by atoms with Crippen LogP contribution in [0.2, 0.25) is 0 Å². The lowest BCUT2D eigenvalue weighted by Gasteiger charge is -2.15. The fraction of sp³-hybridized carbons (Fsp3) is 0. The van der Waals surface area contributed by atoms with Crippen LogP contribution in [0, 0.1) is 11.3 Å². The Balaban J connectivity index is 1.68. The maximum Gasteiger partial charge on any atom is 0.0991 e. The van der Waals surface area contributed by atoms with Crippen LogP contribution in [-0.2, 0) is 0 Å². The highest BCUT2D eigenvalue weighted by atomic mass is 14.8. The van der Waals surface area contributed by atoms with Gasteiger partial charge in [0.25, 0.3) is 0 Å². The fourth-order valence-electron chi connectivity index (χ4n) is 5.98. The molecule has 0 radical (unpaired) electrons. The van der Waals surface area contributed by atoms with Crippen LogP contribution in [0.25, 0.3) is 76.8 Å². The summed E-state index contributed by atoms with van der Waals surface area (Å²) in [5.41, 5.74) is 10.7. The average molecular weight is 473 g/mol. The Morgan fingerprint density at radius 3 is 1.84 bits per heavy atom. The first-order valence-electron chi connectivity index (χ1n) is 12.4. The minimum atomic E-state index is 0.652. The summed E-state index contributed by atoms with van der Waals surface area (Å²) in [6.45, 7) is 0. The minimum absolute atomic E-state index is 0.652. The van der Waals surface area contributed by atoms with E-state index in [0.717, 1.165) is 49.8 Å². The Morgan fingerprint density at radius 1 is 0.541 bits per heavy atom. The van der Waals surface area contributed by atoms with Crippen molar-refractivity contribution in [2.45, 2.75) is 0 Å². The van der Waals surface area contributed by atoms with Gasteiger partial charge in [-0.25, -0.2) is 0 Å². The van der Waals surface area contributed by atoms with E-state index in [0.29, 0.717) is 5.56 Å². The molecule has 0 atom stereocenters. The highest BCUT2D eigenvalue weighted by molar-refractivity contribution is 6.33. The molecule has 0 unspecified atom stereocenters. The molecule has 0 spiro atoms. The van der Waals surface area contributed by atoms with E-state index >= 15 is 0 Å². The van der Waals surface area contributed by atoms with E-state index in [1.54, 1.807) is 0 Å². The largest absolute Gasteiger partial charge is 0.361 e. The first kappa shape index (κ1) is 20.0. The number of aromatic nitrogens is 3. The number of para-hydroxylation sites is 3. The molecule has 4 nitrogen and oxygen atoms in total. The van der Waals surface area contributed by atoms with Crippen LogP contribution < -0.4 is 0 Å². The zero-order valence-electron chi connectivity index (χ0n) is 19.8. The zero-order chi connectivity index (χ0) is 24.5. The lowest BCUT2D eigenvalue weighted by Crippen LogP contribution is -1.90. The summed E-state index contributed by atoms with van der Waals surface area (Å²) in [6.07, 6.45) is 2.12. The second-order valence-electron chi connectivity index (χ2n) is 9.53. The van der Waals surface area contributed by atoms with Gasteiger partial charge in [-0.05, 0) is 35.9 Å². The second kappa shape index (κ2) is 7.36. The molecular formula is C33H20N4. The van der Waals surface area contributed by atoms with Crippen LogP contribution in [-0.4, -0.2) is 15.0 Å². The van der Waals surface area contributed by atoms with E-state index in [1.165, 1.54) is 26.9 Å². The van der Waals surface area contributed by atoms with Crippen molar-refractivity contribution in [2.24, 2.45) is 0 Å². The summed E-state index contributed by atoms with van der Waals surface area (Å²) in [7, 11) is 0. The number of hydrogen-bond donors (Lipinski definition) is 3. The molecule has 0 aliphatic heterocycles. The van der Waals surface area contributed by atoms with Crippen LogP contribution in [0.15, 0.2) is 103 Å². The third-order valence-corrected chi connectivity index (χ3v) is 7.57. The fourth-order valence-corrected chi connectivity index (χ4v) is 5.98. The maximum atomic E-state index is 9.46. The highest BCUT2D eigenvalue weighted by Crippen LogP contribution is 2.49. The first-order valence-corrected chi connectivity index (χ1v) is 12.4. The van der Waals surface area contributed by atoms with Crippen molar-refractivity contribution < 1.29 is 0 Å². The molecule has 8 rings (SSSR count). The third kappa shape index (κ3) is 2.71. The summed E-state index contributed by atoms with van der Waals surface area (Å²) < 4.78 is 0. The van der Waals surface area contributed by atoms with Gasteiger partial charge in [-0.2, -0.15) is 5.26 Å². The van der Waals surface area contributed by atoms with E-state index in [9.17, 15) is 5.26 Å². The Kier molecular flexibility index (Phi) is 3.98. The molecule has 3 N–H and O–H groups in total. The third-order valence-electron chi connectivity index (χ3n) is 7.57. The smallest absolute Gasteiger partial charge is 0.0991 e. The number of rotatable bonds is 2. The molecule has 0 fully saturated rings. The molecule has 8 aromatic rings. The van der Waals surface area contributed by atoms with Crippen LogP contribution in [0.1, 0.15) is 5.56 Å². The molecule has 0 amide bonds. The standard InChI is InChI=1S/C33H20N4/c34-17-19-13-15-20(16-14-19)28-29-22-8-2-5-11-26(22)36-32(29)31-23-9-3-6-12-27(23)37-33(31)30(28)24-18-35-25-10-4-1-7-21(24)25/h1-16,18,35-37H. The van der Waals surface area contributed by atoms with E-state index in [4.69, 9.17) is 0 Å². The van der Waals surface area contributed by atoms with Gasteiger partial charge in [0, 0.05) is 66.4 Å². The van der Waals surface area contributed by atoms with Crippen molar-refractivity contribution in [1.82, 2.24) is 15.0 Å². The van der Waals surface area contributed by atoms with Crippen molar-refractivity contribution in [1.29, 1.82) is 5.26 Å². The van der Waals surface area contributed by atoms with Crippen molar-refractivity contribution in [3.05, 3.63) is 109 Å². The first-order chi connectivity index (χ1) is 18.3. The molecule has 172 valence electrons. The summed E-state index contributed by atoms with van der Waals surface area (Å²) in [6, 6.07) is 35.7. The van der Waals surface area contributed by atoms with Crippen LogP contribution in [0.4, 0.5) is 0 Å². The second-order valence-corrected chi connectivity index (χ2v) is 9.53. The predicted octanol–water partition coefficient (Wildman–Crippen LogP) is 8.64. The van der Waals surface area contributed by atoms with Crippen molar-refractivity contribution >= 4 is 54.5 Å². The molecule has 37 heavy (non-hydrogen) atoms. The molecule has 3 aromatic heterocycles. The molecule has 0 aliphatic rings. The topological polar surface area (TPSA) is 71.2 Å². The van der Waals surface area contributed by atoms with Crippen molar-refractivity contribution in [3.8, 4) is 28.3 Å². The maximum absolute atomic E-state index is 9.46. The van der Waals surface area contributed by atoms with Gasteiger partial charge in [0.15, 0.2) is 0 Å². The Morgan fingerprint density at radius 2 is 1.14 bits per heavy atom. The quantitative estimate of drug-likeness (QED) is 0.231. The number of nitriles is 1. The normalized spacial score (nSPS) is 11.8. The SMILES string of the molecule is N#Cc1ccc(-c2c(-c3c[nH]c4ccccc34)c3[nH]c4ccccc4c3c3[nH]c4ccccc4c23)cc1. The van der Waals surface area contributed by atoms with Crippen molar-refractivity contribution in [2.75, 3.05) is 0 Å². The number of aromatic amines is 3. The van der Waals surface area contributed by atoms with Gasteiger partial charge in [0.1, 0.15) is 0 Å². The molecule has 0 saturated heterocycles. The number of hydrogen-bond acceptors (Lipinski definition) is 1. The predicted molar refractivity (Wildman–Crippen MR) is 153 cm³/mol. The number of H-pyrrole nitrogens is 3. The summed E-state index contributed by atoms with van der Waals surface area (Å²) >= 11 is 0. The van der Waals surface area contributed by atoms with E-state index < -0.39 is 0 Å². The summed E-state index contributed by atoms with van der Waals surface area (Å²) in [4.78, 5) is 11.0. The summed E-state index contributed by atoms with van der Waals surface area (Å²) in [5, 5.41) is 15.4. The molecule has 0 saturated carbocycles. The molecular weight excluding hydrogens is 452 g/mol. The Bertz CT molecular complexity index is 2200. The van der Waals surface area contributed by atoms with Crippen LogP contribution in [0.5, 0.6) is 0 Å². The Labute approximate surface area is 211 Å².